The molecule has 76 heavy (non-hydrogen) atoms. The van der Waals surface area contributed by atoms with Gasteiger partial charge in [0.25, 0.3) is 6.71 Å². The molecule has 0 saturated carbocycles. The maximum absolute atomic E-state index is 2.65. The molecular formula is C72H65BN2S. The summed E-state index contributed by atoms with van der Waals surface area (Å²) in [6.07, 6.45) is 0. The SMILES string of the molecule is Cc1cc2c3c(c1)N(c1ccc(C(C)C)cc1)c1c(sc4cc5c(cc14)-c1ccc(C)cc1C51c4ccccc4-c4ccccc41)B3c1ccc(-c3c(C(C)C)cccc3C(C)C)cc1N2c1ccc(C(C)(C)C)cc1. The van der Waals surface area contributed by atoms with Crippen molar-refractivity contribution in [1.82, 2.24) is 0 Å². The van der Waals surface area contributed by atoms with Crippen LogP contribution in [0.15, 0.2) is 176 Å². The van der Waals surface area contributed by atoms with Crippen molar-refractivity contribution in [3.8, 4) is 33.4 Å². The van der Waals surface area contributed by atoms with Crippen molar-refractivity contribution in [3.63, 3.8) is 0 Å². The minimum absolute atomic E-state index is 0.00471. The number of nitrogens with zero attached hydrogens (tertiary/aromatic N) is 2. The van der Waals surface area contributed by atoms with Crippen LogP contribution >= 0.6 is 11.3 Å². The van der Waals surface area contributed by atoms with Gasteiger partial charge in [0.15, 0.2) is 0 Å². The maximum Gasteiger partial charge on any atom is 0.264 e. The van der Waals surface area contributed by atoms with Gasteiger partial charge in [0.05, 0.1) is 11.1 Å². The lowest BCUT2D eigenvalue weighted by molar-refractivity contribution is 0.590. The highest BCUT2D eigenvalue weighted by Crippen LogP contribution is 2.64. The highest BCUT2D eigenvalue weighted by molar-refractivity contribution is 7.33. The number of benzene rings is 9. The van der Waals surface area contributed by atoms with E-state index >= 15 is 0 Å². The molecule has 4 heteroatoms. The fraction of sp³-hybridized carbons (Fsp3) is 0.222. The molecule has 0 N–H and O–H groups in total. The molecule has 14 rings (SSSR count). The number of hydrogen-bond donors (Lipinski definition) is 0. The van der Waals surface area contributed by atoms with E-state index in [1.54, 1.807) is 0 Å². The Morgan fingerprint density at radius 1 is 0.487 bits per heavy atom. The summed E-state index contributed by atoms with van der Waals surface area (Å²) in [7, 11) is 0. The predicted molar refractivity (Wildman–Crippen MR) is 328 cm³/mol. The van der Waals surface area contributed by atoms with Gasteiger partial charge in [-0.15, -0.1) is 11.3 Å². The second-order valence-electron chi connectivity index (χ2n) is 24.4. The first-order valence-corrected chi connectivity index (χ1v) is 28.6. The van der Waals surface area contributed by atoms with E-state index in [1.165, 1.54) is 149 Å². The van der Waals surface area contributed by atoms with E-state index < -0.39 is 5.41 Å². The van der Waals surface area contributed by atoms with Crippen molar-refractivity contribution >= 4 is 78.0 Å². The van der Waals surface area contributed by atoms with Crippen LogP contribution in [-0.2, 0) is 10.8 Å². The monoisotopic (exact) mass is 1000 g/mol. The molecule has 0 bridgehead atoms. The highest BCUT2D eigenvalue weighted by Gasteiger charge is 2.53. The second-order valence-corrected chi connectivity index (χ2v) is 25.4. The van der Waals surface area contributed by atoms with E-state index in [1.807, 2.05) is 11.3 Å². The van der Waals surface area contributed by atoms with Crippen molar-refractivity contribution in [2.75, 3.05) is 9.80 Å². The van der Waals surface area contributed by atoms with Crippen LogP contribution in [0.2, 0.25) is 0 Å². The third kappa shape index (κ3) is 6.59. The normalized spacial score (nSPS) is 14.4. The number of anilines is 6. The highest BCUT2D eigenvalue weighted by atomic mass is 32.1. The van der Waals surface area contributed by atoms with Crippen molar-refractivity contribution < 1.29 is 0 Å². The maximum atomic E-state index is 2.65. The van der Waals surface area contributed by atoms with Crippen molar-refractivity contribution in [2.45, 2.75) is 105 Å². The molecule has 3 heterocycles. The summed E-state index contributed by atoms with van der Waals surface area (Å²) in [5.41, 5.74) is 31.4. The molecule has 2 aliphatic carbocycles. The van der Waals surface area contributed by atoms with Gasteiger partial charge in [0.2, 0.25) is 0 Å². The fourth-order valence-corrected chi connectivity index (χ4v) is 15.4. The molecule has 0 amide bonds. The Hall–Kier alpha value is -7.40. The fourth-order valence-electron chi connectivity index (χ4n) is 14.1. The van der Waals surface area contributed by atoms with E-state index in [0.717, 1.165) is 0 Å². The molecule has 10 aromatic rings. The molecule has 1 aromatic heterocycles. The average molecular weight is 1000 g/mol. The third-order valence-electron chi connectivity index (χ3n) is 17.6. The van der Waals surface area contributed by atoms with Crippen LogP contribution in [0.1, 0.15) is 136 Å². The Balaban J connectivity index is 1.09. The van der Waals surface area contributed by atoms with Gasteiger partial charge in [-0.05, 0) is 186 Å². The van der Waals surface area contributed by atoms with Gasteiger partial charge in [0, 0.05) is 43.3 Å². The number of hydrogen-bond acceptors (Lipinski definition) is 3. The standard InChI is InChI=1S/C72H65BN2S/c1-41(2)46-24-29-50(30-25-46)75-65-37-45(8)36-64-68(65)73(62-34-26-47(67-51(42(3)4)19-16-20-52(67)43(5)6)38-63(62)74(64)49-31-27-48(28-32-49)71(9,10)11)70-69(75)57-39-56-55-33-23-44(7)35-60(55)72(61(56)40-66(57)76-70)58-21-14-12-17-53(58)54-18-13-15-22-59(54)72/h12-43H,1-11H3. The van der Waals surface area contributed by atoms with E-state index in [9.17, 15) is 0 Å². The summed E-state index contributed by atoms with van der Waals surface area (Å²) in [6.45, 7) is 25.5. The van der Waals surface area contributed by atoms with Gasteiger partial charge in [-0.1, -0.05) is 189 Å². The van der Waals surface area contributed by atoms with Gasteiger partial charge < -0.3 is 9.80 Å². The van der Waals surface area contributed by atoms with E-state index in [2.05, 4.69) is 262 Å². The van der Waals surface area contributed by atoms with Crippen LogP contribution in [0.5, 0.6) is 0 Å². The van der Waals surface area contributed by atoms with Crippen molar-refractivity contribution in [1.29, 1.82) is 0 Å². The van der Waals surface area contributed by atoms with Crippen LogP contribution < -0.4 is 25.5 Å². The molecule has 0 fully saturated rings. The summed E-state index contributed by atoms with van der Waals surface area (Å²) in [6, 6.07) is 69.3. The number of rotatable bonds is 6. The molecule has 2 nitrogen and oxygen atoms in total. The minimum atomic E-state index is -0.430. The number of aryl methyl sites for hydroxylation is 2. The number of thiophene rings is 1. The second kappa shape index (κ2) is 16.8. The molecule has 2 aliphatic heterocycles. The first-order valence-electron chi connectivity index (χ1n) is 27.8. The van der Waals surface area contributed by atoms with E-state index in [-0.39, 0.29) is 12.1 Å². The van der Waals surface area contributed by atoms with Gasteiger partial charge in [0.1, 0.15) is 0 Å². The molecule has 0 atom stereocenters. The Kier molecular flexibility index (Phi) is 10.4. The first kappa shape index (κ1) is 47.1. The Bertz CT molecular complexity index is 3980. The quantitative estimate of drug-likeness (QED) is 0.153. The summed E-state index contributed by atoms with van der Waals surface area (Å²) in [4.78, 5) is 5.27. The van der Waals surface area contributed by atoms with Crippen molar-refractivity contribution in [3.05, 3.63) is 232 Å². The molecule has 1 spiro atoms. The first-order chi connectivity index (χ1) is 36.6. The molecule has 0 unspecified atom stereocenters. The lowest BCUT2D eigenvalue weighted by Crippen LogP contribution is -2.60. The molecule has 9 aromatic carbocycles. The van der Waals surface area contributed by atoms with Gasteiger partial charge in [-0.3, -0.25) is 0 Å². The zero-order valence-corrected chi connectivity index (χ0v) is 46.7. The van der Waals surface area contributed by atoms with Crippen LogP contribution in [0.4, 0.5) is 34.1 Å². The lowest BCUT2D eigenvalue weighted by atomic mass is 9.36. The van der Waals surface area contributed by atoms with Crippen LogP contribution in [0.25, 0.3) is 43.5 Å². The minimum Gasteiger partial charge on any atom is -0.311 e. The summed E-state index contributed by atoms with van der Waals surface area (Å²) >= 11 is 2.02. The summed E-state index contributed by atoms with van der Waals surface area (Å²) in [5.74, 6) is 1.18. The average Bonchev–Trinajstić information content (AvgIpc) is 4.04. The van der Waals surface area contributed by atoms with Gasteiger partial charge in [-0.25, -0.2) is 0 Å². The van der Waals surface area contributed by atoms with E-state index in [0.29, 0.717) is 17.8 Å². The van der Waals surface area contributed by atoms with E-state index in [4.69, 9.17) is 0 Å². The predicted octanol–water partition coefficient (Wildman–Crippen LogP) is 18.3. The van der Waals surface area contributed by atoms with Gasteiger partial charge >= 0.3 is 0 Å². The van der Waals surface area contributed by atoms with Gasteiger partial charge in [-0.2, -0.15) is 0 Å². The molecule has 0 saturated heterocycles. The van der Waals surface area contributed by atoms with Crippen LogP contribution in [0, 0.1) is 13.8 Å². The molecular weight excluding hydrogens is 936 g/mol. The molecule has 0 radical (unpaired) electrons. The summed E-state index contributed by atoms with van der Waals surface area (Å²) in [5, 5.41) is 1.31. The lowest BCUT2D eigenvalue weighted by Gasteiger charge is -2.43. The van der Waals surface area contributed by atoms with Crippen LogP contribution in [-0.4, -0.2) is 6.71 Å². The Morgan fingerprint density at radius 3 is 1.71 bits per heavy atom. The molecule has 4 aliphatic rings. The molecule has 372 valence electrons. The third-order valence-corrected chi connectivity index (χ3v) is 18.9. The Labute approximate surface area is 454 Å². The largest absolute Gasteiger partial charge is 0.311 e. The topological polar surface area (TPSA) is 6.48 Å². The zero-order chi connectivity index (χ0) is 52.3. The Morgan fingerprint density at radius 2 is 1.08 bits per heavy atom. The van der Waals surface area contributed by atoms with Crippen LogP contribution in [0.3, 0.4) is 0 Å². The smallest absolute Gasteiger partial charge is 0.264 e. The summed E-state index contributed by atoms with van der Waals surface area (Å²) < 4.78 is 2.73. The zero-order valence-electron chi connectivity index (χ0n) is 45.9. The van der Waals surface area contributed by atoms with Crippen molar-refractivity contribution in [2.24, 2.45) is 0 Å². The number of fused-ring (bicyclic) bond motifs is 16.